The summed E-state index contributed by atoms with van der Waals surface area (Å²) in [5, 5.41) is 0.550. The van der Waals surface area contributed by atoms with Crippen molar-refractivity contribution in [1.82, 2.24) is 4.90 Å². The Kier molecular flexibility index (Phi) is 7.44. The van der Waals surface area contributed by atoms with Gasteiger partial charge in [0.25, 0.3) is 11.1 Å². The summed E-state index contributed by atoms with van der Waals surface area (Å²) in [5.41, 5.74) is 1.62. The van der Waals surface area contributed by atoms with Crippen LogP contribution in [0.1, 0.15) is 16.7 Å². The van der Waals surface area contributed by atoms with E-state index in [2.05, 4.69) is 15.9 Å². The van der Waals surface area contributed by atoms with E-state index in [0.717, 1.165) is 26.7 Å². The lowest BCUT2D eigenvalue weighted by molar-refractivity contribution is -0.123. The monoisotopic (exact) mass is 565 g/mol. The van der Waals surface area contributed by atoms with Crippen LogP contribution < -0.4 is 4.74 Å². The lowest BCUT2D eigenvalue weighted by Gasteiger charge is -2.13. The Bertz CT molecular complexity index is 1280. The van der Waals surface area contributed by atoms with Gasteiger partial charge in [0.1, 0.15) is 18.2 Å². The second-order valence-corrected chi connectivity index (χ2v) is 9.82. The van der Waals surface area contributed by atoms with E-state index >= 15 is 0 Å². The van der Waals surface area contributed by atoms with Gasteiger partial charge in [-0.1, -0.05) is 63.4 Å². The molecule has 4 nitrogen and oxygen atoms in total. The lowest BCUT2D eigenvalue weighted by atomic mass is 10.1. The van der Waals surface area contributed by atoms with Crippen LogP contribution in [0.3, 0.4) is 0 Å². The number of nitrogens with zero attached hydrogens (tertiary/aromatic N) is 1. The van der Waals surface area contributed by atoms with Gasteiger partial charge >= 0.3 is 0 Å². The zero-order valence-electron chi connectivity index (χ0n) is 16.9. The van der Waals surface area contributed by atoms with Gasteiger partial charge in [-0.05, 0) is 54.2 Å². The van der Waals surface area contributed by atoms with Gasteiger partial charge in [0, 0.05) is 31.2 Å². The van der Waals surface area contributed by atoms with E-state index in [1.54, 1.807) is 60.7 Å². The number of benzene rings is 3. The SMILES string of the molecule is O=C1S/C(=C\c2cc(Br)ccc2OCc2ccc(Cl)cc2Cl)C(=O)N1Cc1ccccc1F. The maximum Gasteiger partial charge on any atom is 0.293 e. The Balaban J connectivity index is 1.57. The molecule has 0 aromatic heterocycles. The molecule has 0 aliphatic carbocycles. The molecule has 0 spiro atoms. The van der Waals surface area contributed by atoms with E-state index in [0.29, 0.717) is 21.4 Å². The summed E-state index contributed by atoms with van der Waals surface area (Å²) in [7, 11) is 0. The maximum absolute atomic E-state index is 14.0. The molecule has 0 saturated carbocycles. The summed E-state index contributed by atoms with van der Waals surface area (Å²) in [6, 6.07) is 16.5. The highest BCUT2D eigenvalue weighted by atomic mass is 79.9. The van der Waals surface area contributed by atoms with E-state index in [1.807, 2.05) is 0 Å². The smallest absolute Gasteiger partial charge is 0.293 e. The van der Waals surface area contributed by atoms with Gasteiger partial charge in [-0.15, -0.1) is 0 Å². The molecule has 3 aromatic rings. The zero-order chi connectivity index (χ0) is 23.5. The number of imide groups is 1. The zero-order valence-corrected chi connectivity index (χ0v) is 20.8. The fourth-order valence-corrected chi connectivity index (χ4v) is 4.80. The molecule has 0 N–H and O–H groups in total. The Morgan fingerprint density at radius 1 is 1.03 bits per heavy atom. The van der Waals surface area contributed by atoms with Gasteiger partial charge < -0.3 is 4.74 Å². The Hall–Kier alpha value is -2.32. The summed E-state index contributed by atoms with van der Waals surface area (Å²) in [5.74, 6) is -0.450. The van der Waals surface area contributed by atoms with Crippen LogP contribution >= 0.6 is 50.9 Å². The molecule has 1 aliphatic rings. The molecular weight excluding hydrogens is 552 g/mol. The molecule has 1 saturated heterocycles. The van der Waals surface area contributed by atoms with Crippen molar-refractivity contribution in [2.75, 3.05) is 0 Å². The van der Waals surface area contributed by atoms with Crippen LogP contribution in [-0.2, 0) is 17.9 Å². The maximum atomic E-state index is 14.0. The fraction of sp³-hybridized carbons (Fsp3) is 0.0833. The third-order valence-electron chi connectivity index (χ3n) is 4.82. The molecule has 0 atom stereocenters. The minimum atomic E-state index is -0.486. The van der Waals surface area contributed by atoms with E-state index in [4.69, 9.17) is 27.9 Å². The van der Waals surface area contributed by atoms with Crippen molar-refractivity contribution in [3.63, 3.8) is 0 Å². The molecule has 168 valence electrons. The third kappa shape index (κ3) is 5.61. The van der Waals surface area contributed by atoms with Gasteiger partial charge in [0.05, 0.1) is 11.4 Å². The minimum Gasteiger partial charge on any atom is -0.488 e. The van der Waals surface area contributed by atoms with Crippen LogP contribution in [0, 0.1) is 5.82 Å². The van der Waals surface area contributed by atoms with Gasteiger partial charge in [-0.2, -0.15) is 0 Å². The van der Waals surface area contributed by atoms with Crippen LogP contribution in [-0.4, -0.2) is 16.0 Å². The van der Waals surface area contributed by atoms with E-state index in [-0.39, 0.29) is 23.6 Å². The van der Waals surface area contributed by atoms with Crippen molar-refractivity contribution in [3.8, 4) is 5.75 Å². The first-order chi connectivity index (χ1) is 15.8. The second-order valence-electron chi connectivity index (χ2n) is 7.07. The fourth-order valence-electron chi connectivity index (χ4n) is 3.13. The second kappa shape index (κ2) is 10.3. The number of amides is 2. The van der Waals surface area contributed by atoms with Crippen molar-refractivity contribution in [2.24, 2.45) is 0 Å². The average Bonchev–Trinajstić information content (AvgIpc) is 3.03. The number of carbonyl (C=O) groups excluding carboxylic acids is 2. The molecule has 1 aliphatic heterocycles. The van der Waals surface area contributed by atoms with Gasteiger partial charge in [-0.25, -0.2) is 4.39 Å². The summed E-state index contributed by atoms with van der Waals surface area (Å²) in [6.07, 6.45) is 1.59. The molecule has 2 amide bonds. The van der Waals surface area contributed by atoms with Crippen LogP contribution in [0.25, 0.3) is 6.08 Å². The Labute approximate surface area is 212 Å². The standard InChI is InChI=1S/C24H15BrCl2FNO3S/c25-17-6-8-21(32-13-15-5-7-18(26)11-19(15)27)16(9-17)10-22-23(30)29(24(31)33-22)12-14-3-1-2-4-20(14)28/h1-11H,12-13H2/b22-10-. The Morgan fingerprint density at radius 2 is 1.82 bits per heavy atom. The first-order valence-electron chi connectivity index (χ1n) is 9.67. The highest BCUT2D eigenvalue weighted by molar-refractivity contribution is 9.10. The average molecular weight is 567 g/mol. The molecule has 0 bridgehead atoms. The van der Waals surface area contributed by atoms with Crippen LogP contribution in [0.15, 0.2) is 70.0 Å². The normalized spacial score (nSPS) is 14.9. The number of thioether (sulfide) groups is 1. The molecule has 9 heteroatoms. The third-order valence-corrected chi connectivity index (χ3v) is 6.80. The first-order valence-corrected chi connectivity index (χ1v) is 12.0. The molecule has 33 heavy (non-hydrogen) atoms. The summed E-state index contributed by atoms with van der Waals surface area (Å²) in [6.45, 7) is 0.0544. The van der Waals surface area contributed by atoms with Crippen molar-refractivity contribution in [2.45, 2.75) is 13.2 Å². The first kappa shape index (κ1) is 23.8. The van der Waals surface area contributed by atoms with Gasteiger partial charge in [0.15, 0.2) is 0 Å². The van der Waals surface area contributed by atoms with Crippen molar-refractivity contribution < 1.29 is 18.7 Å². The van der Waals surface area contributed by atoms with Gasteiger partial charge in [0.2, 0.25) is 0 Å². The van der Waals surface area contributed by atoms with Crippen molar-refractivity contribution >= 4 is 68.1 Å². The number of hydrogen-bond donors (Lipinski definition) is 0. The van der Waals surface area contributed by atoms with E-state index in [9.17, 15) is 14.0 Å². The molecule has 1 heterocycles. The van der Waals surface area contributed by atoms with Gasteiger partial charge in [-0.3, -0.25) is 14.5 Å². The number of ether oxygens (including phenoxy) is 1. The highest BCUT2D eigenvalue weighted by Crippen LogP contribution is 2.36. The van der Waals surface area contributed by atoms with Crippen LogP contribution in [0.2, 0.25) is 10.0 Å². The predicted molar refractivity (Wildman–Crippen MR) is 133 cm³/mol. The predicted octanol–water partition coefficient (Wildman–Crippen LogP) is 7.71. The quantitative estimate of drug-likeness (QED) is 0.287. The molecular formula is C24H15BrCl2FNO3S. The molecule has 0 unspecified atom stereocenters. The number of carbonyl (C=O) groups is 2. The van der Waals surface area contributed by atoms with Crippen molar-refractivity contribution in [3.05, 3.63) is 103 Å². The highest BCUT2D eigenvalue weighted by Gasteiger charge is 2.35. The van der Waals surface area contributed by atoms with Crippen molar-refractivity contribution in [1.29, 1.82) is 0 Å². The topological polar surface area (TPSA) is 46.6 Å². The number of halogens is 4. The molecule has 3 aromatic carbocycles. The number of rotatable bonds is 6. The summed E-state index contributed by atoms with van der Waals surface area (Å²) < 4.78 is 20.7. The van der Waals surface area contributed by atoms with Crippen LogP contribution in [0.4, 0.5) is 9.18 Å². The number of hydrogen-bond acceptors (Lipinski definition) is 4. The summed E-state index contributed by atoms with van der Waals surface area (Å²) >= 11 is 16.4. The van der Waals surface area contributed by atoms with Crippen LogP contribution in [0.5, 0.6) is 5.75 Å². The molecule has 4 rings (SSSR count). The molecule has 0 radical (unpaired) electrons. The molecule has 1 fully saturated rings. The Morgan fingerprint density at radius 3 is 2.58 bits per heavy atom. The lowest BCUT2D eigenvalue weighted by Crippen LogP contribution is -2.27. The minimum absolute atomic E-state index is 0.133. The van der Waals surface area contributed by atoms with E-state index in [1.165, 1.54) is 6.07 Å². The summed E-state index contributed by atoms with van der Waals surface area (Å²) in [4.78, 5) is 26.6. The van der Waals surface area contributed by atoms with E-state index < -0.39 is 17.0 Å². The largest absolute Gasteiger partial charge is 0.488 e.